The Labute approximate surface area is 173 Å². The minimum absolute atomic E-state index is 0.264. The normalized spacial score (nSPS) is 9.55. The zero-order valence-electron chi connectivity index (χ0n) is 17.1. The van der Waals surface area contributed by atoms with Crippen LogP contribution < -0.4 is 22.5 Å². The van der Waals surface area contributed by atoms with E-state index >= 15 is 0 Å². The second-order valence-electron chi connectivity index (χ2n) is 5.46. The third kappa shape index (κ3) is 9.05. The van der Waals surface area contributed by atoms with Gasteiger partial charge >= 0.3 is 0 Å². The van der Waals surface area contributed by atoms with E-state index in [1.54, 1.807) is 41.5 Å². The van der Waals surface area contributed by atoms with Gasteiger partial charge in [0.05, 0.1) is 0 Å². The Morgan fingerprint density at radius 1 is 0.483 bits per heavy atom. The monoisotopic (exact) mass is 421 g/mol. The van der Waals surface area contributed by atoms with Gasteiger partial charge in [-0.1, -0.05) is 0 Å². The highest BCUT2D eigenvalue weighted by atomic mass is 35.5. The smallest absolute Gasteiger partial charge is 0.245 e. The fourth-order valence-corrected chi connectivity index (χ4v) is 2.28. The third-order valence-electron chi connectivity index (χ3n) is 2.84. The Balaban J connectivity index is 0.000000321. The summed E-state index contributed by atoms with van der Waals surface area (Å²) in [5, 5.41) is 0.264. The number of nitrogens with one attached hydrogen (secondary N) is 2. The van der Waals surface area contributed by atoms with Crippen molar-refractivity contribution in [3.63, 3.8) is 0 Å². The van der Waals surface area contributed by atoms with Gasteiger partial charge in [0.15, 0.2) is 0 Å². The van der Waals surface area contributed by atoms with Gasteiger partial charge in [0.25, 0.3) is 0 Å². The van der Waals surface area contributed by atoms with Crippen molar-refractivity contribution in [3.05, 3.63) is 40.2 Å². The molecule has 0 saturated heterocycles. The van der Waals surface area contributed by atoms with Crippen LogP contribution in [0.25, 0.3) is 0 Å². The van der Waals surface area contributed by atoms with E-state index in [1.807, 2.05) is 0 Å². The largest absolute Gasteiger partial charge is 0.274 e. The number of hydrogen-bond acceptors (Lipinski definition) is 13. The van der Waals surface area contributed by atoms with Crippen molar-refractivity contribution in [2.75, 3.05) is 10.9 Å². The van der Waals surface area contributed by atoms with Crippen molar-refractivity contribution in [1.29, 1.82) is 0 Å². The van der Waals surface area contributed by atoms with Crippen LogP contribution in [0.1, 0.15) is 34.9 Å². The zero-order valence-corrected chi connectivity index (χ0v) is 17.8. The average Bonchev–Trinajstić information content (AvgIpc) is 2.59. The molecule has 6 N–H and O–H groups in total. The molecule has 0 bridgehead atoms. The lowest BCUT2D eigenvalue weighted by Crippen LogP contribution is -2.16. The van der Waals surface area contributed by atoms with Gasteiger partial charge in [-0.3, -0.25) is 22.5 Å². The predicted molar refractivity (Wildman–Crippen MR) is 109 cm³/mol. The molecular weight excluding hydrogens is 398 g/mol. The number of halogens is 1. The van der Waals surface area contributed by atoms with E-state index in [0.29, 0.717) is 46.8 Å². The number of nitrogens with zero attached hydrogens (tertiary/aromatic N) is 9. The summed E-state index contributed by atoms with van der Waals surface area (Å²) in [5.41, 5.74) is 5.66. The molecule has 3 aromatic heterocycles. The van der Waals surface area contributed by atoms with Gasteiger partial charge < -0.3 is 0 Å². The number of rotatable bonds is 3. The molecule has 0 aliphatic carbocycles. The average molecular weight is 422 g/mol. The van der Waals surface area contributed by atoms with E-state index in [9.17, 15) is 0 Å². The van der Waals surface area contributed by atoms with Crippen molar-refractivity contribution in [2.45, 2.75) is 41.5 Å². The fraction of sp³-hybridized carbons (Fsp3) is 0.400. The Kier molecular flexibility index (Phi) is 9.58. The number of hydrogen-bond donors (Lipinski definition) is 4. The first-order valence-electron chi connectivity index (χ1n) is 8.30. The van der Waals surface area contributed by atoms with Crippen LogP contribution in [0.3, 0.4) is 0 Å². The molecule has 29 heavy (non-hydrogen) atoms. The summed E-state index contributed by atoms with van der Waals surface area (Å²) in [4.78, 5) is 36.2. The highest BCUT2D eigenvalue weighted by Crippen LogP contribution is 2.03. The predicted octanol–water partition coefficient (Wildman–Crippen LogP) is 0.690. The third-order valence-corrected chi connectivity index (χ3v) is 3.00. The maximum Gasteiger partial charge on any atom is 0.245 e. The summed E-state index contributed by atoms with van der Waals surface area (Å²) >= 11 is 5.49. The van der Waals surface area contributed by atoms with E-state index < -0.39 is 0 Å². The molecule has 0 aliphatic rings. The maximum atomic E-state index is 5.49. The van der Waals surface area contributed by atoms with Crippen LogP contribution in [0.15, 0.2) is 0 Å². The second kappa shape index (κ2) is 11.6. The number of nitrogens with two attached hydrogens (primary N) is 2. The minimum Gasteiger partial charge on any atom is -0.274 e. The summed E-state index contributed by atoms with van der Waals surface area (Å²) in [6, 6.07) is 0. The van der Waals surface area contributed by atoms with Crippen molar-refractivity contribution < 1.29 is 0 Å². The summed E-state index contributed by atoms with van der Waals surface area (Å²) in [6.45, 7) is 10.8. The molecule has 0 unspecified atom stereocenters. The van der Waals surface area contributed by atoms with Crippen LogP contribution >= 0.6 is 11.6 Å². The first-order chi connectivity index (χ1) is 13.7. The molecule has 13 nitrogen and oxygen atoms in total. The van der Waals surface area contributed by atoms with Crippen LogP contribution in [0.4, 0.5) is 11.9 Å². The lowest BCUT2D eigenvalue weighted by atomic mass is 10.6. The minimum atomic E-state index is 0.264. The highest BCUT2D eigenvalue weighted by Gasteiger charge is 2.02. The van der Waals surface area contributed by atoms with E-state index in [2.05, 4.69) is 67.4 Å². The molecule has 3 heterocycles. The lowest BCUT2D eigenvalue weighted by molar-refractivity contribution is 0.903. The molecule has 0 aliphatic heterocycles. The quantitative estimate of drug-likeness (QED) is 0.341. The molecule has 3 aromatic rings. The van der Waals surface area contributed by atoms with Crippen LogP contribution in [-0.4, -0.2) is 44.9 Å². The molecule has 3 rings (SSSR count). The topological polar surface area (TPSA) is 192 Å². The van der Waals surface area contributed by atoms with Gasteiger partial charge in [-0.2, -0.15) is 19.9 Å². The molecule has 0 fully saturated rings. The van der Waals surface area contributed by atoms with E-state index in [4.69, 9.17) is 11.6 Å². The Morgan fingerprint density at radius 2 is 0.724 bits per heavy atom. The maximum absolute atomic E-state index is 5.49. The number of aryl methyl sites for hydroxylation is 6. The Morgan fingerprint density at radius 3 is 0.966 bits per heavy atom. The molecule has 0 amide bonds. The van der Waals surface area contributed by atoms with Crippen LogP contribution in [0, 0.1) is 41.5 Å². The molecule has 0 atom stereocenters. The summed E-state index contributed by atoms with van der Waals surface area (Å²) in [6.07, 6.45) is 0. The first kappa shape index (κ1) is 23.9. The molecule has 156 valence electrons. The van der Waals surface area contributed by atoms with Crippen LogP contribution in [0.2, 0.25) is 5.28 Å². The van der Waals surface area contributed by atoms with E-state index in [-0.39, 0.29) is 5.28 Å². The number of hydrazine groups is 2. The number of aromatic nitrogens is 9. The van der Waals surface area contributed by atoms with Gasteiger partial charge in [0.2, 0.25) is 17.2 Å². The summed E-state index contributed by atoms with van der Waals surface area (Å²) in [7, 11) is 0. The molecule has 14 heteroatoms. The standard InChI is InChI=1S/C10H14N8.C5H6ClN3.H4N2/c1-5-11-6(2)14-9(13-5)17-18-10-15-7(3)12-8(4)16-10;1-3-7-4(2)9-5(6)8-3;1-2/h1-4H3,(H,11,13,14,17)(H,12,15,16,18);1-2H3;1-2H2. The number of anilines is 2. The SMILES string of the molecule is Cc1nc(C)nc(Cl)n1.Cc1nc(C)nc(NNc2nc(C)nc(C)n2)n1.NN. The molecule has 0 saturated carbocycles. The Bertz CT molecular complexity index is 792. The summed E-state index contributed by atoms with van der Waals surface area (Å²) in [5.74, 6) is 12.8. The first-order valence-corrected chi connectivity index (χ1v) is 8.68. The lowest BCUT2D eigenvalue weighted by Gasteiger charge is -2.08. The van der Waals surface area contributed by atoms with Crippen LogP contribution in [0.5, 0.6) is 0 Å². The Hall–Kier alpha value is -3.16. The molecular formula is C15H24ClN13. The van der Waals surface area contributed by atoms with Crippen LogP contribution in [-0.2, 0) is 0 Å². The van der Waals surface area contributed by atoms with Crippen molar-refractivity contribution in [2.24, 2.45) is 11.7 Å². The zero-order chi connectivity index (χ0) is 22.0. The highest BCUT2D eigenvalue weighted by molar-refractivity contribution is 6.28. The molecule has 0 radical (unpaired) electrons. The van der Waals surface area contributed by atoms with Gasteiger partial charge in [0.1, 0.15) is 34.9 Å². The van der Waals surface area contributed by atoms with Crippen molar-refractivity contribution in [1.82, 2.24) is 44.9 Å². The van der Waals surface area contributed by atoms with Crippen molar-refractivity contribution in [3.8, 4) is 0 Å². The molecule has 0 aromatic carbocycles. The van der Waals surface area contributed by atoms with Gasteiger partial charge in [-0.25, -0.2) is 24.9 Å². The van der Waals surface area contributed by atoms with Crippen molar-refractivity contribution >= 4 is 23.5 Å². The fourth-order valence-electron chi connectivity index (χ4n) is 2.03. The van der Waals surface area contributed by atoms with E-state index in [0.717, 1.165) is 0 Å². The van der Waals surface area contributed by atoms with E-state index in [1.165, 1.54) is 0 Å². The second-order valence-corrected chi connectivity index (χ2v) is 5.79. The van der Waals surface area contributed by atoms with Gasteiger partial charge in [-0.05, 0) is 53.1 Å². The summed E-state index contributed by atoms with van der Waals surface area (Å²) < 4.78 is 0. The molecule has 0 spiro atoms. The van der Waals surface area contributed by atoms with Gasteiger partial charge in [0, 0.05) is 0 Å². The van der Waals surface area contributed by atoms with Gasteiger partial charge in [-0.15, -0.1) is 0 Å².